The first-order valence-electron chi connectivity index (χ1n) is 8.43. The summed E-state index contributed by atoms with van der Waals surface area (Å²) in [5, 5.41) is 1.06. The first-order chi connectivity index (χ1) is 12.0. The van der Waals surface area contributed by atoms with E-state index in [0.717, 1.165) is 23.1 Å². The summed E-state index contributed by atoms with van der Waals surface area (Å²) in [6.07, 6.45) is 2.64. The van der Waals surface area contributed by atoms with Gasteiger partial charge in [-0.15, -0.1) is 6.58 Å². The fraction of sp³-hybridized carbons (Fsp3) is 0.286. The molecule has 1 amide bonds. The van der Waals surface area contributed by atoms with E-state index < -0.39 is 0 Å². The molecule has 0 aliphatic carbocycles. The van der Waals surface area contributed by atoms with Gasteiger partial charge in [-0.3, -0.25) is 4.79 Å². The molecule has 2 atom stereocenters. The van der Waals surface area contributed by atoms with Crippen molar-refractivity contribution in [3.63, 3.8) is 0 Å². The molecule has 0 N–H and O–H groups in total. The third-order valence-corrected chi connectivity index (χ3v) is 5.51. The van der Waals surface area contributed by atoms with Crippen LogP contribution in [0.25, 0.3) is 0 Å². The van der Waals surface area contributed by atoms with Crippen molar-refractivity contribution < 1.29 is 4.79 Å². The van der Waals surface area contributed by atoms with E-state index in [1.165, 1.54) is 0 Å². The average molecular weight is 374 g/mol. The molecule has 0 fully saturated rings. The van der Waals surface area contributed by atoms with Gasteiger partial charge in [0.05, 0.1) is 16.1 Å². The Morgan fingerprint density at radius 3 is 2.52 bits per heavy atom. The van der Waals surface area contributed by atoms with Gasteiger partial charge in [0.2, 0.25) is 0 Å². The third kappa shape index (κ3) is 3.21. The van der Waals surface area contributed by atoms with Crippen LogP contribution < -0.4 is 0 Å². The van der Waals surface area contributed by atoms with Gasteiger partial charge in [-0.05, 0) is 49.6 Å². The van der Waals surface area contributed by atoms with Gasteiger partial charge in [0.1, 0.15) is 0 Å². The molecule has 130 valence electrons. The van der Waals surface area contributed by atoms with Gasteiger partial charge in [-0.25, -0.2) is 0 Å². The first kappa shape index (κ1) is 18.0. The quantitative estimate of drug-likeness (QED) is 0.566. The number of benzene rings is 2. The average Bonchev–Trinajstić information content (AvgIpc) is 2.88. The Labute approximate surface area is 159 Å². The highest BCUT2D eigenvalue weighted by Crippen LogP contribution is 2.46. The van der Waals surface area contributed by atoms with E-state index >= 15 is 0 Å². The van der Waals surface area contributed by atoms with Crippen molar-refractivity contribution in [3.8, 4) is 0 Å². The highest BCUT2D eigenvalue weighted by molar-refractivity contribution is 6.42. The Balaban J connectivity index is 2.14. The highest BCUT2D eigenvalue weighted by Gasteiger charge is 2.42. The van der Waals surface area contributed by atoms with Gasteiger partial charge in [0.15, 0.2) is 0 Å². The van der Waals surface area contributed by atoms with E-state index in [-0.39, 0.29) is 23.9 Å². The number of hydrogen-bond acceptors (Lipinski definition) is 1. The number of amides is 1. The summed E-state index contributed by atoms with van der Waals surface area (Å²) in [5.41, 5.74) is 2.92. The molecule has 0 bridgehead atoms. The molecule has 3 rings (SSSR count). The van der Waals surface area contributed by atoms with Crippen LogP contribution in [0.15, 0.2) is 55.1 Å². The largest absolute Gasteiger partial charge is 0.329 e. The minimum atomic E-state index is -0.0426. The fourth-order valence-corrected chi connectivity index (χ4v) is 4.01. The maximum Gasteiger partial charge on any atom is 0.254 e. The van der Waals surface area contributed by atoms with E-state index in [4.69, 9.17) is 23.2 Å². The van der Waals surface area contributed by atoms with Crippen LogP contribution in [-0.4, -0.2) is 16.8 Å². The van der Waals surface area contributed by atoms with Crippen LogP contribution >= 0.6 is 23.2 Å². The molecular weight excluding hydrogens is 353 g/mol. The van der Waals surface area contributed by atoms with E-state index in [1.54, 1.807) is 0 Å². The second-order valence-electron chi connectivity index (χ2n) is 6.64. The molecule has 2 aromatic carbocycles. The van der Waals surface area contributed by atoms with E-state index in [1.807, 2.05) is 53.4 Å². The standard InChI is InChI=1S/C21H21Cl2NO/c1-4-7-15(14-10-11-18(22)19(23)12-14)20-16-8-5-6-9-17(16)21(25)24(20)13(2)3/h4-6,8-13,15,20H,1,7H2,2-3H3. The minimum absolute atomic E-state index is 0.0426. The summed E-state index contributed by atoms with van der Waals surface area (Å²) in [6.45, 7) is 8.02. The molecule has 0 spiro atoms. The second-order valence-corrected chi connectivity index (χ2v) is 7.46. The smallest absolute Gasteiger partial charge is 0.254 e. The van der Waals surface area contributed by atoms with Gasteiger partial charge in [0, 0.05) is 17.5 Å². The Morgan fingerprint density at radius 2 is 1.88 bits per heavy atom. The molecule has 0 saturated carbocycles. The molecule has 0 saturated heterocycles. The molecule has 0 radical (unpaired) electrons. The van der Waals surface area contributed by atoms with Crippen LogP contribution in [0.2, 0.25) is 10.0 Å². The van der Waals surface area contributed by atoms with Crippen molar-refractivity contribution in [2.75, 3.05) is 0 Å². The Bertz CT molecular complexity index is 815. The molecule has 4 heteroatoms. The van der Waals surface area contributed by atoms with Crippen LogP contribution in [0.4, 0.5) is 0 Å². The highest BCUT2D eigenvalue weighted by atomic mass is 35.5. The number of nitrogens with zero attached hydrogens (tertiary/aromatic N) is 1. The van der Waals surface area contributed by atoms with Crippen LogP contribution in [0.5, 0.6) is 0 Å². The van der Waals surface area contributed by atoms with Crippen LogP contribution in [-0.2, 0) is 0 Å². The molecule has 25 heavy (non-hydrogen) atoms. The van der Waals surface area contributed by atoms with Gasteiger partial charge in [-0.1, -0.05) is 53.5 Å². The predicted octanol–water partition coefficient (Wildman–Crippen LogP) is 6.26. The normalized spacial score (nSPS) is 17.7. The van der Waals surface area contributed by atoms with Crippen molar-refractivity contribution in [1.82, 2.24) is 4.90 Å². The van der Waals surface area contributed by atoms with Gasteiger partial charge in [0.25, 0.3) is 5.91 Å². The van der Waals surface area contributed by atoms with Gasteiger partial charge in [-0.2, -0.15) is 0 Å². The second kappa shape index (κ2) is 7.23. The summed E-state index contributed by atoms with van der Waals surface area (Å²) in [7, 11) is 0. The number of allylic oxidation sites excluding steroid dienone is 1. The molecule has 2 aromatic rings. The third-order valence-electron chi connectivity index (χ3n) is 4.77. The summed E-state index contributed by atoms with van der Waals surface area (Å²) >= 11 is 12.3. The minimum Gasteiger partial charge on any atom is -0.329 e. The molecule has 1 aliphatic heterocycles. The Hall–Kier alpha value is -1.77. The maximum absolute atomic E-state index is 13.0. The summed E-state index contributed by atoms with van der Waals surface area (Å²) in [4.78, 5) is 14.9. The number of hydrogen-bond donors (Lipinski definition) is 0. The van der Waals surface area contributed by atoms with Gasteiger partial charge >= 0.3 is 0 Å². The lowest BCUT2D eigenvalue weighted by Gasteiger charge is -2.35. The van der Waals surface area contributed by atoms with Crippen LogP contribution in [0, 0.1) is 0 Å². The predicted molar refractivity (Wildman–Crippen MR) is 105 cm³/mol. The van der Waals surface area contributed by atoms with Crippen molar-refractivity contribution in [2.45, 2.75) is 38.3 Å². The fourth-order valence-electron chi connectivity index (χ4n) is 3.70. The Morgan fingerprint density at radius 1 is 1.16 bits per heavy atom. The van der Waals surface area contributed by atoms with Crippen LogP contribution in [0.1, 0.15) is 53.7 Å². The Kier molecular flexibility index (Phi) is 5.21. The van der Waals surface area contributed by atoms with Crippen molar-refractivity contribution in [1.29, 1.82) is 0 Å². The number of carbonyl (C=O) groups excluding carboxylic acids is 1. The number of rotatable bonds is 5. The van der Waals surface area contributed by atoms with E-state index in [9.17, 15) is 4.79 Å². The topological polar surface area (TPSA) is 20.3 Å². The van der Waals surface area contributed by atoms with Crippen molar-refractivity contribution in [3.05, 3.63) is 81.9 Å². The molecule has 0 aromatic heterocycles. The lowest BCUT2D eigenvalue weighted by Crippen LogP contribution is -2.37. The monoisotopic (exact) mass is 373 g/mol. The zero-order valence-electron chi connectivity index (χ0n) is 14.4. The zero-order valence-corrected chi connectivity index (χ0v) is 15.9. The molecule has 2 nitrogen and oxygen atoms in total. The number of halogens is 2. The summed E-state index contributed by atoms with van der Waals surface area (Å²) in [5.74, 6) is 0.159. The van der Waals surface area contributed by atoms with Gasteiger partial charge < -0.3 is 4.90 Å². The molecular formula is C21H21Cl2NO. The summed E-state index contributed by atoms with van der Waals surface area (Å²) in [6, 6.07) is 13.6. The first-order valence-corrected chi connectivity index (χ1v) is 9.18. The lowest BCUT2D eigenvalue weighted by molar-refractivity contribution is 0.0631. The molecule has 1 heterocycles. The number of carbonyl (C=O) groups is 1. The van der Waals surface area contributed by atoms with Crippen molar-refractivity contribution in [2.24, 2.45) is 0 Å². The number of fused-ring (bicyclic) bond motifs is 1. The van der Waals surface area contributed by atoms with Crippen molar-refractivity contribution >= 4 is 29.1 Å². The maximum atomic E-state index is 13.0. The SMILES string of the molecule is C=CCC(c1ccc(Cl)c(Cl)c1)C1c2ccccc2C(=O)N1C(C)C. The summed E-state index contributed by atoms with van der Waals surface area (Å²) < 4.78 is 0. The van der Waals surface area contributed by atoms with E-state index in [0.29, 0.717) is 10.0 Å². The van der Waals surface area contributed by atoms with Crippen LogP contribution in [0.3, 0.4) is 0 Å². The lowest BCUT2D eigenvalue weighted by atomic mass is 9.84. The zero-order chi connectivity index (χ0) is 18.1. The molecule has 1 aliphatic rings. The van der Waals surface area contributed by atoms with E-state index in [2.05, 4.69) is 20.4 Å². The molecule has 2 unspecified atom stereocenters.